The molecule has 1 aromatic heterocycles. The Kier molecular flexibility index (Phi) is 4.22. The highest BCUT2D eigenvalue weighted by Gasteiger charge is 2.29. The maximum Gasteiger partial charge on any atom is 0.286 e. The van der Waals surface area contributed by atoms with Crippen LogP contribution in [0.3, 0.4) is 0 Å². The SMILES string of the molecule is Cc1cc(C(=O)N(C2=N[C@H](C)CS2)c2ccc(Cl)cc2)no1. The van der Waals surface area contributed by atoms with Gasteiger partial charge in [-0.05, 0) is 38.1 Å². The van der Waals surface area contributed by atoms with Crippen LogP contribution < -0.4 is 4.90 Å². The second-order valence-corrected chi connectivity index (χ2v) is 6.44. The number of anilines is 1. The van der Waals surface area contributed by atoms with E-state index in [0.29, 0.717) is 21.6 Å². The van der Waals surface area contributed by atoms with Crippen LogP contribution in [0.4, 0.5) is 5.69 Å². The first kappa shape index (κ1) is 15.1. The van der Waals surface area contributed by atoms with Crippen LogP contribution >= 0.6 is 23.4 Å². The predicted molar refractivity (Wildman–Crippen MR) is 88.9 cm³/mol. The maximum atomic E-state index is 12.8. The molecule has 5 nitrogen and oxygen atoms in total. The van der Waals surface area contributed by atoms with Crippen LogP contribution in [0.25, 0.3) is 0 Å². The van der Waals surface area contributed by atoms with Crippen molar-refractivity contribution in [3.05, 3.63) is 46.8 Å². The van der Waals surface area contributed by atoms with Crippen LogP contribution in [0, 0.1) is 6.92 Å². The molecule has 0 N–H and O–H groups in total. The van der Waals surface area contributed by atoms with E-state index in [1.807, 2.05) is 6.92 Å². The molecule has 0 fully saturated rings. The summed E-state index contributed by atoms with van der Waals surface area (Å²) in [4.78, 5) is 18.9. The molecule has 3 rings (SSSR count). The van der Waals surface area contributed by atoms with Gasteiger partial charge < -0.3 is 4.52 Å². The average molecular weight is 336 g/mol. The summed E-state index contributed by atoms with van der Waals surface area (Å²) in [5.41, 5.74) is 0.964. The fourth-order valence-electron chi connectivity index (χ4n) is 2.07. The number of carbonyl (C=O) groups is 1. The van der Waals surface area contributed by atoms with Crippen molar-refractivity contribution in [2.24, 2.45) is 4.99 Å². The lowest BCUT2D eigenvalue weighted by Crippen LogP contribution is -2.34. The summed E-state index contributed by atoms with van der Waals surface area (Å²) >= 11 is 7.48. The summed E-state index contributed by atoms with van der Waals surface area (Å²) in [5.74, 6) is 1.18. The van der Waals surface area contributed by atoms with Crippen molar-refractivity contribution in [3.8, 4) is 0 Å². The minimum atomic E-state index is -0.264. The molecule has 1 amide bonds. The van der Waals surface area contributed by atoms with E-state index in [0.717, 1.165) is 5.75 Å². The molecule has 1 aliphatic rings. The van der Waals surface area contributed by atoms with Crippen LogP contribution in [-0.4, -0.2) is 28.0 Å². The highest BCUT2D eigenvalue weighted by atomic mass is 35.5. The normalized spacial score (nSPS) is 17.4. The molecule has 1 aliphatic heterocycles. The van der Waals surface area contributed by atoms with Gasteiger partial charge in [0.2, 0.25) is 0 Å². The van der Waals surface area contributed by atoms with Crippen LogP contribution in [0.15, 0.2) is 39.8 Å². The summed E-state index contributed by atoms with van der Waals surface area (Å²) < 4.78 is 5.01. The summed E-state index contributed by atoms with van der Waals surface area (Å²) in [6.07, 6.45) is 0. The number of aliphatic imine (C=N–C) groups is 1. The van der Waals surface area contributed by atoms with E-state index < -0.39 is 0 Å². The lowest BCUT2D eigenvalue weighted by molar-refractivity contribution is 0.0994. The molecule has 2 heterocycles. The van der Waals surface area contributed by atoms with E-state index in [1.54, 1.807) is 53.9 Å². The Morgan fingerprint density at radius 1 is 1.41 bits per heavy atom. The zero-order chi connectivity index (χ0) is 15.7. The summed E-state index contributed by atoms with van der Waals surface area (Å²) in [5, 5.41) is 5.09. The average Bonchev–Trinajstić information content (AvgIpc) is 3.10. The Hall–Kier alpha value is -1.79. The van der Waals surface area contributed by atoms with Gasteiger partial charge in [-0.3, -0.25) is 14.7 Å². The zero-order valence-corrected chi connectivity index (χ0v) is 13.7. The molecule has 22 heavy (non-hydrogen) atoms. The van der Waals surface area contributed by atoms with E-state index in [9.17, 15) is 4.79 Å². The molecule has 0 saturated heterocycles. The van der Waals surface area contributed by atoms with Crippen LogP contribution in [0.1, 0.15) is 23.2 Å². The first-order valence-electron chi connectivity index (χ1n) is 6.78. The number of hydrogen-bond acceptors (Lipinski definition) is 5. The number of halogens is 1. The Labute approximate surface area is 137 Å². The molecule has 0 aliphatic carbocycles. The number of amides is 1. The fraction of sp³-hybridized carbons (Fsp3) is 0.267. The van der Waals surface area contributed by atoms with Gasteiger partial charge in [-0.1, -0.05) is 28.5 Å². The topological polar surface area (TPSA) is 58.7 Å². The predicted octanol–water partition coefficient (Wildman–Crippen LogP) is 3.77. The molecule has 0 radical (unpaired) electrons. The van der Waals surface area contributed by atoms with Crippen molar-refractivity contribution in [3.63, 3.8) is 0 Å². The fourth-order valence-corrected chi connectivity index (χ4v) is 3.23. The number of benzene rings is 1. The number of aromatic nitrogens is 1. The third-order valence-corrected chi connectivity index (χ3v) is 4.56. The molecule has 0 spiro atoms. The van der Waals surface area contributed by atoms with Gasteiger partial charge in [0.25, 0.3) is 5.91 Å². The highest BCUT2D eigenvalue weighted by molar-refractivity contribution is 8.14. The third kappa shape index (κ3) is 3.03. The number of nitrogens with zero attached hydrogens (tertiary/aromatic N) is 3. The molecule has 1 atom stereocenters. The Morgan fingerprint density at radius 3 is 2.68 bits per heavy atom. The molecule has 7 heteroatoms. The molecule has 0 saturated carbocycles. The number of thioether (sulfide) groups is 1. The Balaban J connectivity index is 2.01. The van der Waals surface area contributed by atoms with Gasteiger partial charge in [-0.2, -0.15) is 0 Å². The standard InChI is InChI=1S/C15H14ClN3O2S/c1-9-8-22-15(17-9)19(12-5-3-11(16)4-6-12)14(20)13-7-10(2)21-18-13/h3-7,9H,8H2,1-2H3/t9-/m1/s1. The molecule has 114 valence electrons. The van der Waals surface area contributed by atoms with Gasteiger partial charge in [0.05, 0.1) is 11.7 Å². The van der Waals surface area contributed by atoms with Crippen LogP contribution in [0.2, 0.25) is 5.02 Å². The minimum Gasteiger partial charge on any atom is -0.361 e. The van der Waals surface area contributed by atoms with Gasteiger partial charge in [0, 0.05) is 16.8 Å². The Bertz CT molecular complexity index is 727. The smallest absolute Gasteiger partial charge is 0.286 e. The van der Waals surface area contributed by atoms with Crippen LogP contribution in [-0.2, 0) is 0 Å². The molecule has 0 unspecified atom stereocenters. The van der Waals surface area contributed by atoms with Gasteiger partial charge in [-0.25, -0.2) is 0 Å². The van der Waals surface area contributed by atoms with E-state index in [2.05, 4.69) is 10.1 Å². The van der Waals surface area contributed by atoms with Crippen molar-refractivity contribution >= 4 is 40.1 Å². The Morgan fingerprint density at radius 2 is 2.14 bits per heavy atom. The van der Waals surface area contributed by atoms with Gasteiger partial charge >= 0.3 is 0 Å². The van der Waals surface area contributed by atoms with Gasteiger partial charge in [0.15, 0.2) is 10.9 Å². The van der Waals surface area contributed by atoms with Crippen molar-refractivity contribution in [2.75, 3.05) is 10.7 Å². The van der Waals surface area contributed by atoms with Crippen molar-refractivity contribution in [1.82, 2.24) is 5.16 Å². The minimum absolute atomic E-state index is 0.182. The number of carbonyl (C=O) groups excluding carboxylic acids is 1. The van der Waals surface area contributed by atoms with Crippen molar-refractivity contribution < 1.29 is 9.32 Å². The summed E-state index contributed by atoms with van der Waals surface area (Å²) in [7, 11) is 0. The summed E-state index contributed by atoms with van der Waals surface area (Å²) in [6, 6.07) is 8.87. The first-order chi connectivity index (χ1) is 10.5. The molecule has 1 aromatic carbocycles. The number of amidine groups is 1. The molecular weight excluding hydrogens is 322 g/mol. The van der Waals surface area contributed by atoms with Crippen LogP contribution in [0.5, 0.6) is 0 Å². The number of rotatable bonds is 2. The highest BCUT2D eigenvalue weighted by Crippen LogP contribution is 2.28. The van der Waals surface area contributed by atoms with E-state index in [-0.39, 0.29) is 17.6 Å². The monoisotopic (exact) mass is 335 g/mol. The zero-order valence-electron chi connectivity index (χ0n) is 12.1. The molecule has 0 bridgehead atoms. The summed E-state index contributed by atoms with van der Waals surface area (Å²) in [6.45, 7) is 3.77. The quantitative estimate of drug-likeness (QED) is 0.838. The first-order valence-corrected chi connectivity index (χ1v) is 8.15. The lowest BCUT2D eigenvalue weighted by atomic mass is 10.2. The number of hydrogen-bond donors (Lipinski definition) is 0. The number of aryl methyl sites for hydroxylation is 1. The van der Waals surface area contributed by atoms with Gasteiger partial charge in [0.1, 0.15) is 5.76 Å². The maximum absolute atomic E-state index is 12.8. The largest absolute Gasteiger partial charge is 0.361 e. The lowest BCUT2D eigenvalue weighted by Gasteiger charge is -2.20. The van der Waals surface area contributed by atoms with E-state index in [1.165, 1.54) is 0 Å². The van der Waals surface area contributed by atoms with Crippen molar-refractivity contribution in [1.29, 1.82) is 0 Å². The van der Waals surface area contributed by atoms with Crippen molar-refractivity contribution in [2.45, 2.75) is 19.9 Å². The molecular formula is C15H14ClN3O2S. The van der Waals surface area contributed by atoms with E-state index >= 15 is 0 Å². The van der Waals surface area contributed by atoms with Gasteiger partial charge in [-0.15, -0.1) is 0 Å². The third-order valence-electron chi connectivity index (χ3n) is 3.11. The van der Waals surface area contributed by atoms with E-state index in [4.69, 9.17) is 16.1 Å². The second kappa shape index (κ2) is 6.14. The second-order valence-electron chi connectivity index (χ2n) is 5.01. The molecule has 2 aromatic rings.